The molecule has 0 bridgehead atoms. The van der Waals surface area contributed by atoms with E-state index >= 15 is 0 Å². The van der Waals surface area contributed by atoms with Crippen molar-refractivity contribution in [1.82, 2.24) is 4.98 Å². The first kappa shape index (κ1) is 16.1. The fraction of sp³-hybridized carbons (Fsp3) is 0.125. The summed E-state index contributed by atoms with van der Waals surface area (Å²) >= 11 is 13.5. The van der Waals surface area contributed by atoms with Gasteiger partial charge in [-0.1, -0.05) is 23.2 Å². The van der Waals surface area contributed by atoms with E-state index in [-0.39, 0.29) is 17.0 Å². The van der Waals surface area contributed by atoms with E-state index < -0.39 is 5.97 Å². The van der Waals surface area contributed by atoms with Crippen LogP contribution in [0, 0.1) is 6.92 Å². The topological polar surface area (TPSA) is 70.2 Å². The number of benzene rings is 1. The van der Waals surface area contributed by atoms with Crippen LogP contribution in [0.2, 0.25) is 10.0 Å². The molecule has 3 rings (SSSR count). The summed E-state index contributed by atoms with van der Waals surface area (Å²) in [5.41, 5.74) is 2.32. The molecule has 0 fully saturated rings. The first-order valence-electron chi connectivity index (χ1n) is 6.65. The number of fused-ring (bicyclic) bond motifs is 1. The molecule has 0 aliphatic carbocycles. The van der Waals surface area contributed by atoms with E-state index in [4.69, 9.17) is 23.2 Å². The Morgan fingerprint density at radius 2 is 1.78 bits per heavy atom. The van der Waals surface area contributed by atoms with Gasteiger partial charge in [0.1, 0.15) is 5.69 Å². The molecule has 0 atom stereocenters. The summed E-state index contributed by atoms with van der Waals surface area (Å²) < 4.78 is 0.637. The minimum absolute atomic E-state index is 0.0897. The van der Waals surface area contributed by atoms with Crippen LogP contribution in [0.3, 0.4) is 0 Å². The number of halogens is 2. The SMILES string of the molecule is CC(=O)c1c(C(=O)O)[nH]c2c(-c3cc(Cl)cc(Cl)c3)c(C)sc12. The second-order valence-electron chi connectivity index (χ2n) is 5.13. The first-order valence-corrected chi connectivity index (χ1v) is 8.22. The normalized spacial score (nSPS) is 11.1. The van der Waals surface area contributed by atoms with Crippen LogP contribution in [-0.2, 0) is 0 Å². The van der Waals surface area contributed by atoms with Crippen LogP contribution >= 0.6 is 34.5 Å². The van der Waals surface area contributed by atoms with Crippen molar-refractivity contribution in [2.75, 3.05) is 0 Å². The number of Topliss-reactive ketones (excluding diaryl/α,β-unsaturated/α-hetero) is 1. The molecule has 2 aromatic heterocycles. The Kier molecular flexibility index (Phi) is 3.96. The summed E-state index contributed by atoms with van der Waals surface area (Å²) in [6, 6.07) is 5.15. The highest BCUT2D eigenvalue weighted by atomic mass is 35.5. The van der Waals surface area contributed by atoms with Crippen LogP contribution < -0.4 is 0 Å². The standard InChI is InChI=1S/C16H11Cl2NO3S/c1-6(20)11-14(16(21)22)19-13-12(7(2)23-15(11)13)8-3-9(17)5-10(18)4-8/h3-5,19H,1-2H3,(H,21,22). The predicted octanol–water partition coefficient (Wildman–Crippen LogP) is 5.41. The lowest BCUT2D eigenvalue weighted by atomic mass is 10.1. The number of nitrogens with one attached hydrogen (secondary N) is 1. The molecule has 0 saturated carbocycles. The predicted molar refractivity (Wildman–Crippen MR) is 93.3 cm³/mol. The van der Waals surface area contributed by atoms with Gasteiger partial charge in [0, 0.05) is 20.5 Å². The number of carboxylic acid groups (broad SMARTS) is 1. The van der Waals surface area contributed by atoms with Gasteiger partial charge in [0.2, 0.25) is 0 Å². The molecule has 3 aromatic rings. The molecule has 1 aromatic carbocycles. The number of carboxylic acids is 1. The fourth-order valence-electron chi connectivity index (χ4n) is 2.68. The minimum atomic E-state index is -1.16. The summed E-state index contributed by atoms with van der Waals surface area (Å²) in [4.78, 5) is 27.1. The van der Waals surface area contributed by atoms with Crippen molar-refractivity contribution in [2.45, 2.75) is 13.8 Å². The second kappa shape index (κ2) is 5.67. The number of ketones is 1. The number of hydrogen-bond donors (Lipinski definition) is 2. The molecular weight excluding hydrogens is 357 g/mol. The maximum atomic E-state index is 11.9. The zero-order valence-corrected chi connectivity index (χ0v) is 14.5. The highest BCUT2D eigenvalue weighted by Gasteiger charge is 2.25. The monoisotopic (exact) mass is 367 g/mol. The van der Waals surface area contributed by atoms with E-state index in [2.05, 4.69) is 4.98 Å². The Hall–Kier alpha value is -1.82. The van der Waals surface area contributed by atoms with Crippen molar-refractivity contribution >= 4 is 56.5 Å². The van der Waals surface area contributed by atoms with Gasteiger partial charge in [-0.3, -0.25) is 4.79 Å². The number of aryl methyl sites for hydroxylation is 1. The van der Waals surface area contributed by atoms with E-state index in [0.717, 1.165) is 16.0 Å². The largest absolute Gasteiger partial charge is 0.477 e. The van der Waals surface area contributed by atoms with E-state index in [0.29, 0.717) is 20.3 Å². The highest BCUT2D eigenvalue weighted by molar-refractivity contribution is 7.20. The summed E-state index contributed by atoms with van der Waals surface area (Å²) in [6.45, 7) is 3.27. The van der Waals surface area contributed by atoms with Crippen molar-refractivity contribution in [1.29, 1.82) is 0 Å². The molecular formula is C16H11Cl2NO3S. The number of aromatic nitrogens is 1. The number of carbonyl (C=O) groups is 2. The van der Waals surface area contributed by atoms with Crippen LogP contribution in [0.4, 0.5) is 0 Å². The Balaban J connectivity index is 2.38. The van der Waals surface area contributed by atoms with Gasteiger partial charge >= 0.3 is 5.97 Å². The smallest absolute Gasteiger partial charge is 0.353 e. The molecule has 0 aliphatic rings. The number of aromatic amines is 1. The van der Waals surface area contributed by atoms with Crippen LogP contribution in [0.25, 0.3) is 21.3 Å². The lowest BCUT2D eigenvalue weighted by Gasteiger charge is -2.03. The Labute approximate surface area is 145 Å². The number of thiophene rings is 1. The molecule has 2 N–H and O–H groups in total. The maximum absolute atomic E-state index is 11.9. The third kappa shape index (κ3) is 2.65. The van der Waals surface area contributed by atoms with Gasteiger partial charge in [0.15, 0.2) is 5.78 Å². The minimum Gasteiger partial charge on any atom is -0.477 e. The van der Waals surface area contributed by atoms with E-state index in [1.807, 2.05) is 6.92 Å². The van der Waals surface area contributed by atoms with Gasteiger partial charge in [-0.2, -0.15) is 0 Å². The van der Waals surface area contributed by atoms with Crippen molar-refractivity contribution in [3.63, 3.8) is 0 Å². The Bertz CT molecular complexity index is 951. The lowest BCUT2D eigenvalue weighted by molar-refractivity contribution is 0.0687. The average molecular weight is 368 g/mol. The first-order chi connectivity index (χ1) is 10.8. The molecule has 118 valence electrons. The van der Waals surface area contributed by atoms with Crippen molar-refractivity contribution in [2.24, 2.45) is 0 Å². The van der Waals surface area contributed by atoms with Gasteiger partial charge in [0.05, 0.1) is 15.8 Å². The number of H-pyrrole nitrogens is 1. The molecule has 0 saturated heterocycles. The number of carbonyl (C=O) groups excluding carboxylic acids is 1. The lowest BCUT2D eigenvalue weighted by Crippen LogP contribution is -2.04. The summed E-state index contributed by atoms with van der Waals surface area (Å²) in [5.74, 6) is -1.45. The van der Waals surface area contributed by atoms with Gasteiger partial charge in [-0.05, 0) is 37.6 Å². The van der Waals surface area contributed by atoms with Gasteiger partial charge in [0.25, 0.3) is 0 Å². The van der Waals surface area contributed by atoms with Crippen molar-refractivity contribution < 1.29 is 14.7 Å². The fourth-order valence-corrected chi connectivity index (χ4v) is 4.44. The zero-order valence-electron chi connectivity index (χ0n) is 12.2. The molecule has 4 nitrogen and oxygen atoms in total. The van der Waals surface area contributed by atoms with Crippen LogP contribution in [0.15, 0.2) is 18.2 Å². The third-order valence-corrected chi connectivity index (χ3v) is 5.09. The Morgan fingerprint density at radius 3 is 2.30 bits per heavy atom. The summed E-state index contributed by atoms with van der Waals surface area (Å²) in [7, 11) is 0. The van der Waals surface area contributed by atoms with Gasteiger partial charge in [-0.25, -0.2) is 4.79 Å². The van der Waals surface area contributed by atoms with Crippen molar-refractivity contribution in [3.8, 4) is 11.1 Å². The van der Waals surface area contributed by atoms with Crippen LogP contribution in [0.1, 0.15) is 32.6 Å². The molecule has 0 amide bonds. The quantitative estimate of drug-likeness (QED) is 0.607. The third-order valence-electron chi connectivity index (χ3n) is 3.53. The summed E-state index contributed by atoms with van der Waals surface area (Å²) in [5, 5.41) is 10.3. The zero-order chi connectivity index (χ0) is 16.9. The molecule has 0 spiro atoms. The molecule has 0 radical (unpaired) electrons. The molecule has 0 aliphatic heterocycles. The van der Waals surface area contributed by atoms with E-state index in [1.54, 1.807) is 18.2 Å². The van der Waals surface area contributed by atoms with E-state index in [9.17, 15) is 14.7 Å². The number of hydrogen-bond acceptors (Lipinski definition) is 3. The van der Waals surface area contributed by atoms with Crippen LogP contribution in [-0.4, -0.2) is 21.8 Å². The average Bonchev–Trinajstić information content (AvgIpc) is 2.91. The molecule has 23 heavy (non-hydrogen) atoms. The van der Waals surface area contributed by atoms with E-state index in [1.165, 1.54) is 18.3 Å². The second-order valence-corrected chi connectivity index (χ2v) is 7.23. The number of rotatable bonds is 3. The van der Waals surface area contributed by atoms with Gasteiger partial charge in [-0.15, -0.1) is 11.3 Å². The van der Waals surface area contributed by atoms with Crippen LogP contribution in [0.5, 0.6) is 0 Å². The van der Waals surface area contributed by atoms with Crippen molar-refractivity contribution in [3.05, 3.63) is 44.4 Å². The molecule has 0 unspecified atom stereocenters. The van der Waals surface area contributed by atoms with Gasteiger partial charge < -0.3 is 10.1 Å². The Morgan fingerprint density at radius 1 is 1.17 bits per heavy atom. The molecule has 2 heterocycles. The highest BCUT2D eigenvalue weighted by Crippen LogP contribution is 2.42. The number of aromatic carboxylic acids is 1. The summed E-state index contributed by atoms with van der Waals surface area (Å²) in [6.07, 6.45) is 0. The maximum Gasteiger partial charge on any atom is 0.353 e. The molecule has 7 heteroatoms.